The monoisotopic (exact) mass is 543 g/mol. The number of barbiturate groups is 1. The second-order valence-corrected chi connectivity index (χ2v) is 10.6. The maximum Gasteiger partial charge on any atom is 0.414 e. The number of aromatic nitrogens is 1. The Hall–Kier alpha value is -4.04. The molecular weight excluding hydrogens is 521 g/mol. The molecule has 0 bridgehead atoms. The molecule has 2 aromatic heterocycles. The number of carbonyl (C=O) groups is 4. The maximum absolute atomic E-state index is 16.0. The third-order valence-electron chi connectivity index (χ3n) is 7.11. The van der Waals surface area contributed by atoms with Gasteiger partial charge in [-0.1, -0.05) is 6.07 Å². The number of nitrogens with one attached hydrogen (secondary N) is 3. The SMILES string of the molecule is C[C@@H]1CN2c3c(cc4c(OC(=O)NCc5cccs5)noc4c3F)CC3(C(=O)NC(=O)NC3=O)[C@H]2[C@H](C)O1. The molecule has 0 unspecified atom stereocenters. The van der Waals surface area contributed by atoms with Crippen LogP contribution in [-0.2, 0) is 27.3 Å². The van der Waals surface area contributed by atoms with Crippen LogP contribution in [0.1, 0.15) is 24.3 Å². The first-order valence-corrected chi connectivity index (χ1v) is 12.7. The molecule has 2 saturated heterocycles. The molecule has 6 rings (SSSR count). The van der Waals surface area contributed by atoms with Crippen LogP contribution < -0.4 is 25.6 Å². The second kappa shape index (κ2) is 8.77. The number of hydrogen-bond acceptors (Lipinski definition) is 10. The standard InChI is InChI=1S/C24H22FN5O7S/c1-10-9-30-16-12(7-24(18(30)11(2)35-10)20(31)27-22(33)28-21(24)32)6-14-17(15(16)25)37-29-19(14)36-23(34)26-8-13-4-3-5-38-13/h3-6,10-11,18H,7-9H2,1-2H3,(H,26,34)(H2,27,28,31,32,33)/t10-,11+,18-/m1/s1. The minimum Gasteiger partial charge on any atom is -0.387 e. The van der Waals surface area contributed by atoms with Gasteiger partial charge in [-0.15, -0.1) is 11.3 Å². The number of nitrogens with zero attached hydrogens (tertiary/aromatic N) is 2. The lowest BCUT2D eigenvalue weighted by atomic mass is 9.66. The third-order valence-corrected chi connectivity index (χ3v) is 7.98. The Morgan fingerprint density at radius 3 is 2.79 bits per heavy atom. The van der Waals surface area contributed by atoms with Crippen LogP contribution in [0.15, 0.2) is 28.1 Å². The molecule has 0 radical (unpaired) electrons. The molecule has 3 N–H and O–H groups in total. The van der Waals surface area contributed by atoms with E-state index in [-0.39, 0.29) is 48.2 Å². The van der Waals surface area contributed by atoms with Crippen molar-refractivity contribution in [3.8, 4) is 5.88 Å². The van der Waals surface area contributed by atoms with Crippen LogP contribution in [0, 0.1) is 11.2 Å². The first kappa shape index (κ1) is 24.3. The number of imide groups is 2. The number of hydrogen-bond donors (Lipinski definition) is 3. The number of fused-ring (bicyclic) bond motifs is 5. The van der Waals surface area contributed by atoms with E-state index in [9.17, 15) is 19.2 Å². The first-order valence-electron chi connectivity index (χ1n) is 11.9. The van der Waals surface area contributed by atoms with Gasteiger partial charge in [0, 0.05) is 17.8 Å². The average molecular weight is 544 g/mol. The van der Waals surface area contributed by atoms with Gasteiger partial charge in [0.1, 0.15) is 0 Å². The van der Waals surface area contributed by atoms with Crippen LogP contribution in [0.4, 0.5) is 19.7 Å². The molecule has 198 valence electrons. The number of rotatable bonds is 3. The van der Waals surface area contributed by atoms with Gasteiger partial charge in [0.05, 0.1) is 35.9 Å². The van der Waals surface area contributed by atoms with E-state index in [4.69, 9.17) is 14.0 Å². The summed E-state index contributed by atoms with van der Waals surface area (Å²) >= 11 is 1.46. The van der Waals surface area contributed by atoms with Gasteiger partial charge in [0.2, 0.25) is 17.4 Å². The molecule has 0 aliphatic carbocycles. The fraction of sp³-hybridized carbons (Fsp3) is 0.375. The van der Waals surface area contributed by atoms with Gasteiger partial charge in [0.25, 0.3) is 5.88 Å². The van der Waals surface area contributed by atoms with E-state index < -0.39 is 47.3 Å². The van der Waals surface area contributed by atoms with E-state index in [1.165, 1.54) is 17.4 Å². The highest BCUT2D eigenvalue weighted by molar-refractivity contribution is 7.09. The Morgan fingerprint density at radius 1 is 1.32 bits per heavy atom. The molecule has 3 aromatic rings. The van der Waals surface area contributed by atoms with Crippen LogP contribution in [0.25, 0.3) is 11.0 Å². The van der Waals surface area contributed by atoms with Crippen molar-refractivity contribution in [1.29, 1.82) is 0 Å². The predicted octanol–water partition coefficient (Wildman–Crippen LogP) is 2.21. The fourth-order valence-corrected chi connectivity index (χ4v) is 6.34. The number of ether oxygens (including phenoxy) is 2. The van der Waals surface area contributed by atoms with E-state index in [0.717, 1.165) is 4.88 Å². The van der Waals surface area contributed by atoms with Crippen LogP contribution in [0.2, 0.25) is 0 Å². The molecule has 3 atom stereocenters. The normalized spacial score (nSPS) is 24.0. The summed E-state index contributed by atoms with van der Waals surface area (Å²) in [6.07, 6.45) is -2.06. The van der Waals surface area contributed by atoms with E-state index in [1.807, 2.05) is 17.5 Å². The summed E-state index contributed by atoms with van der Waals surface area (Å²) in [5.41, 5.74) is -1.59. The van der Waals surface area contributed by atoms with Crippen molar-refractivity contribution in [2.45, 2.75) is 45.1 Å². The number of carbonyl (C=O) groups excluding carboxylic acids is 4. The highest BCUT2D eigenvalue weighted by Crippen LogP contribution is 2.49. The second-order valence-electron chi connectivity index (χ2n) is 9.52. The average Bonchev–Trinajstić information content (AvgIpc) is 3.51. The molecule has 5 heterocycles. The molecule has 12 nitrogen and oxygen atoms in total. The zero-order valence-electron chi connectivity index (χ0n) is 20.2. The number of urea groups is 1. The van der Waals surface area contributed by atoms with Gasteiger partial charge in [-0.2, -0.15) is 0 Å². The summed E-state index contributed by atoms with van der Waals surface area (Å²) in [4.78, 5) is 53.4. The topological polar surface area (TPSA) is 152 Å². The van der Waals surface area contributed by atoms with E-state index in [2.05, 4.69) is 21.1 Å². The Labute approximate surface area is 218 Å². The number of amides is 5. The highest BCUT2D eigenvalue weighted by Gasteiger charge is 2.63. The minimum atomic E-state index is -1.78. The maximum atomic E-state index is 16.0. The van der Waals surface area contributed by atoms with E-state index in [1.54, 1.807) is 18.7 Å². The molecule has 1 aromatic carbocycles. The lowest BCUT2D eigenvalue weighted by Crippen LogP contribution is -2.75. The molecule has 38 heavy (non-hydrogen) atoms. The van der Waals surface area contributed by atoms with Crippen molar-refractivity contribution in [2.75, 3.05) is 11.4 Å². The minimum absolute atomic E-state index is 0.0585. The Bertz CT molecular complexity index is 1470. The summed E-state index contributed by atoms with van der Waals surface area (Å²) in [5, 5.41) is 12.6. The Morgan fingerprint density at radius 2 is 2.08 bits per heavy atom. The van der Waals surface area contributed by atoms with Crippen molar-refractivity contribution in [1.82, 2.24) is 21.1 Å². The van der Waals surface area contributed by atoms with Crippen LogP contribution >= 0.6 is 11.3 Å². The van der Waals surface area contributed by atoms with Crippen molar-refractivity contribution >= 4 is 51.9 Å². The van der Waals surface area contributed by atoms with Gasteiger partial charge in [-0.05, 0) is 42.1 Å². The molecule has 2 fully saturated rings. The first-order chi connectivity index (χ1) is 18.2. The zero-order chi connectivity index (χ0) is 26.8. The largest absolute Gasteiger partial charge is 0.414 e. The molecule has 3 aliphatic rings. The fourth-order valence-electron chi connectivity index (χ4n) is 5.70. The van der Waals surface area contributed by atoms with Gasteiger partial charge < -0.3 is 24.2 Å². The quantitative estimate of drug-likeness (QED) is 0.422. The van der Waals surface area contributed by atoms with Crippen LogP contribution in [-0.4, -0.2) is 53.9 Å². The van der Waals surface area contributed by atoms with Gasteiger partial charge in [0.15, 0.2) is 11.2 Å². The van der Waals surface area contributed by atoms with E-state index >= 15 is 4.39 Å². The number of thiophene rings is 1. The summed E-state index contributed by atoms with van der Waals surface area (Å²) in [6.45, 7) is 3.89. The van der Waals surface area contributed by atoms with Crippen molar-refractivity contribution in [2.24, 2.45) is 5.41 Å². The molecule has 1 spiro atoms. The van der Waals surface area contributed by atoms with Crippen molar-refractivity contribution < 1.29 is 37.6 Å². The number of benzene rings is 1. The number of halogens is 1. The number of morpholine rings is 1. The Kier molecular flexibility index (Phi) is 5.61. The van der Waals surface area contributed by atoms with Gasteiger partial charge in [-0.3, -0.25) is 20.2 Å². The van der Waals surface area contributed by atoms with Crippen molar-refractivity contribution in [3.63, 3.8) is 0 Å². The number of anilines is 1. The molecule has 3 aliphatic heterocycles. The smallest absolute Gasteiger partial charge is 0.387 e. The molecule has 14 heteroatoms. The lowest BCUT2D eigenvalue weighted by molar-refractivity contribution is -0.153. The summed E-state index contributed by atoms with van der Waals surface area (Å²) in [7, 11) is 0. The predicted molar refractivity (Wildman–Crippen MR) is 130 cm³/mol. The molecule has 0 saturated carbocycles. The van der Waals surface area contributed by atoms with Crippen LogP contribution in [0.5, 0.6) is 5.88 Å². The highest BCUT2D eigenvalue weighted by atomic mass is 32.1. The van der Waals surface area contributed by atoms with Gasteiger partial charge >= 0.3 is 12.1 Å². The van der Waals surface area contributed by atoms with Gasteiger partial charge in [-0.25, -0.2) is 14.0 Å². The molecular formula is C24H22FN5O7S. The van der Waals surface area contributed by atoms with Crippen LogP contribution in [0.3, 0.4) is 0 Å². The zero-order valence-corrected chi connectivity index (χ0v) is 21.0. The Balaban J connectivity index is 1.42. The lowest BCUT2D eigenvalue weighted by Gasteiger charge is -2.55. The summed E-state index contributed by atoms with van der Waals surface area (Å²) < 4.78 is 32.5. The van der Waals surface area contributed by atoms with Crippen molar-refractivity contribution in [3.05, 3.63) is 39.8 Å². The third kappa shape index (κ3) is 3.62. The summed E-state index contributed by atoms with van der Waals surface area (Å²) in [5.74, 6) is -2.63. The molecule has 5 amide bonds. The summed E-state index contributed by atoms with van der Waals surface area (Å²) in [6, 6.07) is 3.35. The van der Waals surface area contributed by atoms with E-state index in [0.29, 0.717) is 5.56 Å².